The monoisotopic (exact) mass is 327 g/mol. The van der Waals surface area contributed by atoms with Gasteiger partial charge in [0.05, 0.1) is 23.8 Å². The minimum Gasteiger partial charge on any atom is -0.288 e. The molecule has 3 aromatic rings. The lowest BCUT2D eigenvalue weighted by Gasteiger charge is -2.27. The van der Waals surface area contributed by atoms with E-state index in [-0.39, 0.29) is 5.82 Å². The molecule has 5 nitrogen and oxygen atoms in total. The van der Waals surface area contributed by atoms with Gasteiger partial charge in [0.15, 0.2) is 11.0 Å². The molecule has 0 saturated carbocycles. The standard InChI is InChI=1S/C16H14FN5S/c17-14-7-2-1-6-13(14)15-19-20-16-22(15)10-21(11-23-16)9-12-5-3-4-8-18-12/h1-8H,9-11H2. The number of fused-ring (bicyclic) bond motifs is 1. The van der Waals surface area contributed by atoms with Gasteiger partial charge in [-0.2, -0.15) is 0 Å². The van der Waals surface area contributed by atoms with E-state index in [1.54, 1.807) is 30.1 Å². The van der Waals surface area contributed by atoms with Crippen molar-refractivity contribution in [3.8, 4) is 11.4 Å². The van der Waals surface area contributed by atoms with Crippen LogP contribution < -0.4 is 0 Å². The summed E-state index contributed by atoms with van der Waals surface area (Å²) < 4.78 is 16.0. The van der Waals surface area contributed by atoms with Gasteiger partial charge in [0.25, 0.3) is 0 Å². The highest BCUT2D eigenvalue weighted by Gasteiger charge is 2.23. The molecule has 0 atom stereocenters. The number of halogens is 1. The van der Waals surface area contributed by atoms with Crippen LogP contribution in [0.3, 0.4) is 0 Å². The smallest absolute Gasteiger partial charge is 0.193 e. The third kappa shape index (κ3) is 2.85. The molecule has 3 heterocycles. The number of benzene rings is 1. The van der Waals surface area contributed by atoms with Crippen molar-refractivity contribution in [2.45, 2.75) is 18.4 Å². The van der Waals surface area contributed by atoms with E-state index in [1.165, 1.54) is 6.07 Å². The Labute approximate surface area is 137 Å². The molecule has 2 aromatic heterocycles. The molecule has 0 radical (unpaired) electrons. The number of hydrogen-bond acceptors (Lipinski definition) is 5. The molecule has 1 aliphatic rings. The van der Waals surface area contributed by atoms with E-state index in [0.717, 1.165) is 23.3 Å². The Morgan fingerprint density at radius 2 is 1.96 bits per heavy atom. The molecule has 0 fully saturated rings. The topological polar surface area (TPSA) is 46.8 Å². The normalized spacial score (nSPS) is 14.7. The highest BCUT2D eigenvalue weighted by molar-refractivity contribution is 7.99. The molecule has 116 valence electrons. The summed E-state index contributed by atoms with van der Waals surface area (Å²) >= 11 is 1.60. The SMILES string of the molecule is Fc1ccccc1-c1nnc2n1CN(Cc1ccccn1)CS2. The van der Waals surface area contributed by atoms with E-state index in [1.807, 2.05) is 28.8 Å². The highest BCUT2D eigenvalue weighted by atomic mass is 32.2. The first-order valence-corrected chi connectivity index (χ1v) is 8.23. The summed E-state index contributed by atoms with van der Waals surface area (Å²) in [5, 5.41) is 9.18. The summed E-state index contributed by atoms with van der Waals surface area (Å²) in [6.45, 7) is 1.36. The second-order valence-electron chi connectivity index (χ2n) is 5.28. The first-order chi connectivity index (χ1) is 11.3. The molecule has 4 rings (SSSR count). The lowest BCUT2D eigenvalue weighted by Crippen LogP contribution is -2.30. The summed E-state index contributed by atoms with van der Waals surface area (Å²) in [6, 6.07) is 12.5. The zero-order chi connectivity index (χ0) is 15.6. The molecule has 1 aromatic carbocycles. The van der Waals surface area contributed by atoms with Crippen LogP contribution in [0.5, 0.6) is 0 Å². The second-order valence-corrected chi connectivity index (χ2v) is 6.19. The Bertz CT molecular complexity index is 820. The quantitative estimate of drug-likeness (QED) is 0.740. The van der Waals surface area contributed by atoms with Crippen molar-refractivity contribution in [1.82, 2.24) is 24.6 Å². The van der Waals surface area contributed by atoms with Crippen molar-refractivity contribution in [2.24, 2.45) is 0 Å². The third-order valence-corrected chi connectivity index (χ3v) is 4.72. The molecular formula is C16H14FN5S. The Hall–Kier alpha value is -2.25. The van der Waals surface area contributed by atoms with Crippen LogP contribution in [0.2, 0.25) is 0 Å². The van der Waals surface area contributed by atoms with Gasteiger partial charge in [-0.15, -0.1) is 10.2 Å². The predicted molar refractivity (Wildman–Crippen MR) is 85.9 cm³/mol. The summed E-state index contributed by atoms with van der Waals surface area (Å²) in [6.07, 6.45) is 1.79. The van der Waals surface area contributed by atoms with Crippen LogP contribution in [0.25, 0.3) is 11.4 Å². The van der Waals surface area contributed by atoms with Crippen LogP contribution in [0.1, 0.15) is 5.69 Å². The minimum absolute atomic E-state index is 0.283. The van der Waals surface area contributed by atoms with Gasteiger partial charge in [-0.3, -0.25) is 14.5 Å². The second kappa shape index (κ2) is 6.10. The van der Waals surface area contributed by atoms with Crippen LogP contribution in [-0.4, -0.2) is 30.5 Å². The average molecular weight is 327 g/mol. The average Bonchev–Trinajstić information content (AvgIpc) is 2.99. The first kappa shape index (κ1) is 14.3. The number of nitrogens with zero attached hydrogens (tertiary/aromatic N) is 5. The molecule has 0 aliphatic carbocycles. The van der Waals surface area contributed by atoms with Crippen LogP contribution in [0.4, 0.5) is 4.39 Å². The van der Waals surface area contributed by atoms with Gasteiger partial charge in [0.1, 0.15) is 5.82 Å². The van der Waals surface area contributed by atoms with Gasteiger partial charge in [0, 0.05) is 12.7 Å². The Morgan fingerprint density at radius 1 is 1.09 bits per heavy atom. The van der Waals surface area contributed by atoms with E-state index in [0.29, 0.717) is 18.1 Å². The molecule has 0 bridgehead atoms. The number of aromatic nitrogens is 4. The maximum atomic E-state index is 14.1. The summed E-state index contributed by atoms with van der Waals surface area (Å²) in [5.74, 6) is 1.09. The van der Waals surface area contributed by atoms with E-state index >= 15 is 0 Å². The van der Waals surface area contributed by atoms with E-state index in [9.17, 15) is 4.39 Å². The zero-order valence-corrected chi connectivity index (χ0v) is 13.1. The zero-order valence-electron chi connectivity index (χ0n) is 12.3. The Kier molecular flexibility index (Phi) is 3.80. The van der Waals surface area contributed by atoms with Crippen molar-refractivity contribution in [3.05, 3.63) is 60.2 Å². The van der Waals surface area contributed by atoms with Gasteiger partial charge in [-0.25, -0.2) is 4.39 Å². The van der Waals surface area contributed by atoms with Gasteiger partial charge in [-0.1, -0.05) is 30.0 Å². The lowest BCUT2D eigenvalue weighted by molar-refractivity contribution is 0.228. The van der Waals surface area contributed by atoms with Crippen LogP contribution in [-0.2, 0) is 13.2 Å². The number of thioether (sulfide) groups is 1. The van der Waals surface area contributed by atoms with Gasteiger partial charge >= 0.3 is 0 Å². The fourth-order valence-corrected chi connectivity index (χ4v) is 3.44. The molecule has 0 spiro atoms. The molecule has 7 heteroatoms. The van der Waals surface area contributed by atoms with E-state index in [4.69, 9.17) is 0 Å². The molecular weight excluding hydrogens is 313 g/mol. The molecule has 0 amide bonds. The molecule has 0 saturated heterocycles. The van der Waals surface area contributed by atoms with Crippen molar-refractivity contribution < 1.29 is 4.39 Å². The molecule has 23 heavy (non-hydrogen) atoms. The Balaban J connectivity index is 1.62. The number of pyridine rings is 1. The van der Waals surface area contributed by atoms with Crippen molar-refractivity contribution in [2.75, 3.05) is 5.88 Å². The fourth-order valence-electron chi connectivity index (χ4n) is 2.57. The number of rotatable bonds is 3. The van der Waals surface area contributed by atoms with Gasteiger partial charge < -0.3 is 0 Å². The largest absolute Gasteiger partial charge is 0.288 e. The van der Waals surface area contributed by atoms with Gasteiger partial charge in [0.2, 0.25) is 0 Å². The summed E-state index contributed by atoms with van der Waals surface area (Å²) in [5.41, 5.74) is 1.49. The molecule has 1 aliphatic heterocycles. The fraction of sp³-hybridized carbons (Fsp3) is 0.188. The third-order valence-electron chi connectivity index (χ3n) is 3.66. The summed E-state index contributed by atoms with van der Waals surface area (Å²) in [7, 11) is 0. The first-order valence-electron chi connectivity index (χ1n) is 7.24. The predicted octanol–water partition coefficient (Wildman–Crippen LogP) is 3.00. The van der Waals surface area contributed by atoms with Crippen LogP contribution in [0, 0.1) is 5.82 Å². The maximum Gasteiger partial charge on any atom is 0.193 e. The molecule has 0 unspecified atom stereocenters. The minimum atomic E-state index is -0.283. The van der Waals surface area contributed by atoms with Crippen molar-refractivity contribution in [3.63, 3.8) is 0 Å². The van der Waals surface area contributed by atoms with Gasteiger partial charge in [-0.05, 0) is 24.3 Å². The highest BCUT2D eigenvalue weighted by Crippen LogP contribution is 2.30. The summed E-state index contributed by atoms with van der Waals surface area (Å²) in [4.78, 5) is 6.59. The van der Waals surface area contributed by atoms with Crippen molar-refractivity contribution in [1.29, 1.82) is 0 Å². The van der Waals surface area contributed by atoms with Crippen LogP contribution >= 0.6 is 11.8 Å². The Morgan fingerprint density at radius 3 is 2.78 bits per heavy atom. The van der Waals surface area contributed by atoms with Crippen molar-refractivity contribution >= 4 is 11.8 Å². The van der Waals surface area contributed by atoms with Crippen LogP contribution in [0.15, 0.2) is 53.8 Å². The molecule has 0 N–H and O–H groups in total. The van der Waals surface area contributed by atoms with E-state index < -0.39 is 0 Å². The van der Waals surface area contributed by atoms with E-state index in [2.05, 4.69) is 20.1 Å². The lowest BCUT2D eigenvalue weighted by atomic mass is 10.2. The maximum absolute atomic E-state index is 14.1. The number of hydrogen-bond donors (Lipinski definition) is 0.